The highest BCUT2D eigenvalue weighted by molar-refractivity contribution is 6.30. The van der Waals surface area contributed by atoms with Crippen molar-refractivity contribution >= 4 is 29.4 Å². The van der Waals surface area contributed by atoms with Crippen LogP contribution in [0.25, 0.3) is 0 Å². The van der Waals surface area contributed by atoms with Crippen molar-refractivity contribution in [2.24, 2.45) is 5.92 Å². The highest BCUT2D eigenvalue weighted by Crippen LogP contribution is 2.23. The van der Waals surface area contributed by atoms with Crippen LogP contribution in [0.5, 0.6) is 0 Å². The molecule has 1 aromatic carbocycles. The second kappa shape index (κ2) is 10.3. The van der Waals surface area contributed by atoms with Crippen LogP contribution in [-0.2, 0) is 20.9 Å². The summed E-state index contributed by atoms with van der Waals surface area (Å²) in [6.45, 7) is 4.84. The molecule has 0 radical (unpaired) electrons. The first-order valence-electron chi connectivity index (χ1n) is 9.08. The van der Waals surface area contributed by atoms with Crippen molar-refractivity contribution in [2.45, 2.75) is 32.2 Å². The van der Waals surface area contributed by atoms with E-state index in [0.29, 0.717) is 5.91 Å². The Morgan fingerprint density at radius 2 is 1.56 bits per heavy atom. The van der Waals surface area contributed by atoms with Gasteiger partial charge in [0.15, 0.2) is 0 Å². The van der Waals surface area contributed by atoms with Crippen LogP contribution in [0.15, 0.2) is 24.3 Å². The molecule has 27 heavy (non-hydrogen) atoms. The maximum atomic E-state index is 12.5. The van der Waals surface area contributed by atoms with Gasteiger partial charge in [-0.15, -0.1) is 0 Å². The Morgan fingerprint density at radius 1 is 0.963 bits per heavy atom. The minimum atomic E-state index is -1.82. The van der Waals surface area contributed by atoms with Crippen LogP contribution in [0.2, 0.25) is 5.02 Å². The van der Waals surface area contributed by atoms with Crippen molar-refractivity contribution in [3.05, 3.63) is 34.9 Å². The standard InChI is InChI=1S/C17H23ClN2O.C2H2O4/c18-16-7-5-14(6-8-16)12-19-9-3-4-15(13-19)17(21)20-10-1-2-11-20;3-1(4)2(5)6/h5-8,15H,1-4,9-13H2;(H,3,4)(H,5,6). The zero-order valence-electron chi connectivity index (χ0n) is 15.1. The molecule has 2 saturated heterocycles. The van der Waals surface area contributed by atoms with E-state index in [1.54, 1.807) is 0 Å². The Hall–Kier alpha value is -2.12. The fourth-order valence-corrected chi connectivity index (χ4v) is 3.57. The van der Waals surface area contributed by atoms with Gasteiger partial charge in [0.2, 0.25) is 5.91 Å². The van der Waals surface area contributed by atoms with Gasteiger partial charge >= 0.3 is 11.9 Å². The Balaban J connectivity index is 0.000000380. The second-order valence-corrected chi connectivity index (χ2v) is 7.28. The molecule has 0 saturated carbocycles. The third-order valence-corrected chi connectivity index (χ3v) is 5.03. The van der Waals surface area contributed by atoms with Gasteiger partial charge < -0.3 is 15.1 Å². The normalized spacial score (nSPS) is 19.9. The predicted molar refractivity (Wildman–Crippen MR) is 101 cm³/mol. The van der Waals surface area contributed by atoms with Gasteiger partial charge in [0.1, 0.15) is 0 Å². The lowest BCUT2D eigenvalue weighted by molar-refractivity contribution is -0.159. The average molecular weight is 397 g/mol. The molecule has 1 amide bonds. The highest BCUT2D eigenvalue weighted by atomic mass is 35.5. The number of halogens is 1. The van der Waals surface area contributed by atoms with Crippen molar-refractivity contribution in [2.75, 3.05) is 26.2 Å². The number of hydrogen-bond acceptors (Lipinski definition) is 4. The largest absolute Gasteiger partial charge is 0.473 e. The molecule has 1 aromatic rings. The van der Waals surface area contributed by atoms with E-state index in [0.717, 1.165) is 50.6 Å². The third kappa shape index (κ3) is 6.84. The number of carbonyl (C=O) groups is 3. The Bertz CT molecular complexity index is 647. The van der Waals surface area contributed by atoms with Crippen LogP contribution >= 0.6 is 11.6 Å². The lowest BCUT2D eigenvalue weighted by Crippen LogP contribution is -2.43. The van der Waals surface area contributed by atoms with Crippen LogP contribution < -0.4 is 0 Å². The van der Waals surface area contributed by atoms with E-state index in [2.05, 4.69) is 21.9 Å². The van der Waals surface area contributed by atoms with E-state index in [9.17, 15) is 4.79 Å². The topological polar surface area (TPSA) is 98.2 Å². The summed E-state index contributed by atoms with van der Waals surface area (Å²) in [7, 11) is 0. The number of carbonyl (C=O) groups excluding carboxylic acids is 1. The van der Waals surface area contributed by atoms with Gasteiger partial charge in [0.25, 0.3) is 0 Å². The predicted octanol–water partition coefficient (Wildman–Crippen LogP) is 2.33. The zero-order chi connectivity index (χ0) is 19.8. The smallest absolute Gasteiger partial charge is 0.414 e. The van der Waals surface area contributed by atoms with E-state index in [1.165, 1.54) is 18.4 Å². The van der Waals surface area contributed by atoms with Crippen molar-refractivity contribution in [3.63, 3.8) is 0 Å². The fraction of sp³-hybridized carbons (Fsp3) is 0.526. The van der Waals surface area contributed by atoms with Crippen molar-refractivity contribution in [3.8, 4) is 0 Å². The number of hydrogen-bond donors (Lipinski definition) is 2. The van der Waals surface area contributed by atoms with Crippen molar-refractivity contribution < 1.29 is 24.6 Å². The summed E-state index contributed by atoms with van der Waals surface area (Å²) in [4.78, 5) is 35.2. The number of likely N-dealkylation sites (tertiary alicyclic amines) is 2. The first kappa shape index (κ1) is 21.2. The van der Waals surface area contributed by atoms with Gasteiger partial charge in [-0.1, -0.05) is 23.7 Å². The van der Waals surface area contributed by atoms with Gasteiger partial charge in [0, 0.05) is 31.2 Å². The number of rotatable bonds is 3. The molecular weight excluding hydrogens is 372 g/mol. The van der Waals surface area contributed by atoms with Crippen molar-refractivity contribution in [1.29, 1.82) is 0 Å². The first-order chi connectivity index (χ1) is 12.9. The Kier molecular flexibility index (Phi) is 8.06. The molecule has 1 unspecified atom stereocenters. The summed E-state index contributed by atoms with van der Waals surface area (Å²) < 4.78 is 0. The molecule has 1 atom stereocenters. The lowest BCUT2D eigenvalue weighted by Gasteiger charge is -2.34. The van der Waals surface area contributed by atoms with Crippen LogP contribution in [-0.4, -0.2) is 64.0 Å². The minimum absolute atomic E-state index is 0.198. The van der Waals surface area contributed by atoms with Crippen LogP contribution in [0.4, 0.5) is 0 Å². The Morgan fingerprint density at radius 3 is 2.11 bits per heavy atom. The highest BCUT2D eigenvalue weighted by Gasteiger charge is 2.30. The monoisotopic (exact) mass is 396 g/mol. The molecule has 2 aliphatic heterocycles. The number of amides is 1. The molecule has 0 spiro atoms. The minimum Gasteiger partial charge on any atom is -0.473 e. The quantitative estimate of drug-likeness (QED) is 0.761. The molecule has 148 valence electrons. The van der Waals surface area contributed by atoms with E-state index in [-0.39, 0.29) is 5.92 Å². The molecule has 2 N–H and O–H groups in total. The van der Waals surface area contributed by atoms with Gasteiger partial charge in [-0.05, 0) is 49.9 Å². The molecular formula is C19H25ClN2O5. The summed E-state index contributed by atoms with van der Waals surface area (Å²) in [6, 6.07) is 8.03. The molecule has 2 fully saturated rings. The Labute approximate surface area is 163 Å². The first-order valence-corrected chi connectivity index (χ1v) is 9.46. The van der Waals surface area contributed by atoms with Crippen LogP contribution in [0.1, 0.15) is 31.2 Å². The van der Waals surface area contributed by atoms with Crippen LogP contribution in [0, 0.1) is 5.92 Å². The van der Waals surface area contributed by atoms with Gasteiger partial charge in [-0.3, -0.25) is 9.69 Å². The van der Waals surface area contributed by atoms with E-state index in [4.69, 9.17) is 31.4 Å². The second-order valence-electron chi connectivity index (χ2n) is 6.84. The molecule has 0 aromatic heterocycles. The summed E-state index contributed by atoms with van der Waals surface area (Å²) in [5.74, 6) is -3.07. The molecule has 0 aliphatic carbocycles. The van der Waals surface area contributed by atoms with Crippen LogP contribution in [0.3, 0.4) is 0 Å². The van der Waals surface area contributed by atoms with E-state index >= 15 is 0 Å². The molecule has 8 heteroatoms. The molecule has 2 aliphatic rings. The number of carboxylic acid groups (broad SMARTS) is 2. The molecule has 7 nitrogen and oxygen atoms in total. The number of benzene rings is 1. The molecule has 3 rings (SSSR count). The number of nitrogens with zero attached hydrogens (tertiary/aromatic N) is 2. The van der Waals surface area contributed by atoms with Gasteiger partial charge in [-0.2, -0.15) is 0 Å². The lowest BCUT2D eigenvalue weighted by atomic mass is 9.96. The maximum Gasteiger partial charge on any atom is 0.414 e. The van der Waals surface area contributed by atoms with E-state index in [1.807, 2.05) is 12.1 Å². The fourth-order valence-electron chi connectivity index (χ4n) is 3.44. The number of aliphatic carboxylic acids is 2. The molecule has 0 bridgehead atoms. The third-order valence-electron chi connectivity index (χ3n) is 4.77. The number of carboxylic acids is 2. The SMILES string of the molecule is O=C(C1CCCN(Cc2ccc(Cl)cc2)C1)N1CCCC1.O=C(O)C(=O)O. The van der Waals surface area contributed by atoms with Crippen molar-refractivity contribution in [1.82, 2.24) is 9.80 Å². The summed E-state index contributed by atoms with van der Waals surface area (Å²) in [6.07, 6.45) is 4.52. The summed E-state index contributed by atoms with van der Waals surface area (Å²) >= 11 is 5.93. The zero-order valence-corrected chi connectivity index (χ0v) is 15.9. The number of piperidine rings is 1. The average Bonchev–Trinajstić information content (AvgIpc) is 3.18. The summed E-state index contributed by atoms with van der Waals surface area (Å²) in [5.41, 5.74) is 1.27. The molecule has 2 heterocycles. The summed E-state index contributed by atoms with van der Waals surface area (Å²) in [5, 5.41) is 15.6. The van der Waals surface area contributed by atoms with Gasteiger partial charge in [0.05, 0.1) is 5.92 Å². The van der Waals surface area contributed by atoms with Gasteiger partial charge in [-0.25, -0.2) is 9.59 Å². The maximum absolute atomic E-state index is 12.5. The van der Waals surface area contributed by atoms with E-state index < -0.39 is 11.9 Å².